The number of nitrogens with one attached hydrogen (secondary N) is 1. The Bertz CT molecular complexity index is 1280. The summed E-state index contributed by atoms with van der Waals surface area (Å²) in [5, 5.41) is 4.10. The number of carbonyl (C=O) groups excluding carboxylic acids is 2. The minimum atomic E-state index is 0.0523. The second-order valence-corrected chi connectivity index (χ2v) is 10.8. The molecule has 0 radical (unpaired) electrons. The molecule has 6 heteroatoms. The first-order valence-electron chi connectivity index (χ1n) is 14.2. The highest BCUT2D eigenvalue weighted by Crippen LogP contribution is 2.39. The molecule has 3 aromatic rings. The van der Waals surface area contributed by atoms with E-state index in [1.54, 1.807) is 13.3 Å². The standard InChI is InChI=1S/C32H39N3O3/c1-3-4-14-33-32(37)24-12-15-35(16-13-24)29-19-26-25(17-22-8-6-5-7-9-22)27(30(36)18-23-10-11-23)21-34-28(26)20-31(29)38-2/h5-9,19-21,23-24H,3-4,10-18H2,1-2H3,(H,33,37). The van der Waals surface area contributed by atoms with Crippen LogP contribution in [0.15, 0.2) is 48.7 Å². The highest BCUT2D eigenvalue weighted by molar-refractivity contribution is 6.02. The molecule has 2 aliphatic rings. The van der Waals surface area contributed by atoms with Crippen LogP contribution in [-0.2, 0) is 11.2 Å². The number of aromatic nitrogens is 1. The number of hydrogen-bond donors (Lipinski definition) is 1. The van der Waals surface area contributed by atoms with Crippen molar-refractivity contribution in [2.24, 2.45) is 11.8 Å². The number of unbranched alkanes of at least 4 members (excludes halogenated alkanes) is 1. The van der Waals surface area contributed by atoms with E-state index < -0.39 is 0 Å². The topological polar surface area (TPSA) is 71.5 Å². The van der Waals surface area contributed by atoms with Crippen LogP contribution in [0, 0.1) is 11.8 Å². The van der Waals surface area contributed by atoms with Gasteiger partial charge in [-0.1, -0.05) is 43.7 Å². The van der Waals surface area contributed by atoms with Gasteiger partial charge >= 0.3 is 0 Å². The van der Waals surface area contributed by atoms with E-state index in [-0.39, 0.29) is 17.6 Å². The fraction of sp³-hybridized carbons (Fsp3) is 0.469. The zero-order valence-corrected chi connectivity index (χ0v) is 22.7. The van der Waals surface area contributed by atoms with Crippen LogP contribution < -0.4 is 15.0 Å². The lowest BCUT2D eigenvalue weighted by Crippen LogP contribution is -2.41. The Labute approximate surface area is 225 Å². The van der Waals surface area contributed by atoms with Crippen LogP contribution in [0.4, 0.5) is 5.69 Å². The third-order valence-corrected chi connectivity index (χ3v) is 8.01. The summed E-state index contributed by atoms with van der Waals surface area (Å²) in [5.74, 6) is 1.72. The number of nitrogens with zero attached hydrogens (tertiary/aromatic N) is 2. The van der Waals surface area contributed by atoms with Crippen molar-refractivity contribution >= 4 is 28.3 Å². The number of rotatable bonds is 11. The largest absolute Gasteiger partial charge is 0.495 e. The van der Waals surface area contributed by atoms with Crippen molar-refractivity contribution in [3.8, 4) is 5.75 Å². The van der Waals surface area contributed by atoms with Gasteiger partial charge in [0, 0.05) is 55.2 Å². The number of carbonyl (C=O) groups is 2. The molecule has 1 aliphatic heterocycles. The van der Waals surface area contributed by atoms with Gasteiger partial charge in [-0.15, -0.1) is 0 Å². The van der Waals surface area contributed by atoms with Gasteiger partial charge in [0.2, 0.25) is 5.91 Å². The first-order chi connectivity index (χ1) is 18.6. The average molecular weight is 514 g/mol. The Morgan fingerprint density at radius 3 is 2.53 bits per heavy atom. The van der Waals surface area contributed by atoms with Gasteiger partial charge in [0.05, 0.1) is 18.3 Å². The van der Waals surface area contributed by atoms with E-state index >= 15 is 0 Å². The molecular formula is C32H39N3O3. The van der Waals surface area contributed by atoms with Gasteiger partial charge in [-0.05, 0) is 61.6 Å². The summed E-state index contributed by atoms with van der Waals surface area (Å²) >= 11 is 0. The van der Waals surface area contributed by atoms with Crippen molar-refractivity contribution in [3.63, 3.8) is 0 Å². The molecule has 6 nitrogen and oxygen atoms in total. The summed E-state index contributed by atoms with van der Waals surface area (Å²) in [6.07, 6.45) is 9.07. The number of piperidine rings is 1. The predicted molar refractivity (Wildman–Crippen MR) is 152 cm³/mol. The fourth-order valence-corrected chi connectivity index (χ4v) is 5.51. The van der Waals surface area contributed by atoms with Crippen LogP contribution in [0.3, 0.4) is 0 Å². The van der Waals surface area contributed by atoms with Crippen LogP contribution in [-0.4, -0.2) is 43.4 Å². The lowest BCUT2D eigenvalue weighted by atomic mass is 9.92. The Morgan fingerprint density at radius 2 is 1.84 bits per heavy atom. The first-order valence-corrected chi connectivity index (χ1v) is 14.2. The minimum Gasteiger partial charge on any atom is -0.495 e. The van der Waals surface area contributed by atoms with Crippen LogP contribution in [0.25, 0.3) is 10.9 Å². The van der Waals surface area contributed by atoms with Gasteiger partial charge in [0.15, 0.2) is 5.78 Å². The number of hydrogen-bond acceptors (Lipinski definition) is 5. The monoisotopic (exact) mass is 513 g/mol. The molecule has 0 bridgehead atoms. The molecule has 2 fully saturated rings. The van der Waals surface area contributed by atoms with Crippen molar-refractivity contribution < 1.29 is 14.3 Å². The molecular weight excluding hydrogens is 474 g/mol. The van der Waals surface area contributed by atoms with Gasteiger partial charge in [-0.2, -0.15) is 0 Å². The molecule has 1 N–H and O–H groups in total. The summed E-state index contributed by atoms with van der Waals surface area (Å²) in [6.45, 7) is 4.46. The highest BCUT2D eigenvalue weighted by Gasteiger charge is 2.29. The van der Waals surface area contributed by atoms with E-state index in [0.717, 1.165) is 91.6 Å². The van der Waals surface area contributed by atoms with E-state index in [0.29, 0.717) is 18.8 Å². The average Bonchev–Trinajstić information content (AvgIpc) is 3.77. The molecule has 5 rings (SSSR count). The maximum atomic E-state index is 13.3. The Morgan fingerprint density at radius 1 is 1.08 bits per heavy atom. The molecule has 38 heavy (non-hydrogen) atoms. The van der Waals surface area contributed by atoms with Crippen LogP contribution in [0.1, 0.15) is 73.4 Å². The smallest absolute Gasteiger partial charge is 0.223 e. The Balaban J connectivity index is 1.46. The van der Waals surface area contributed by atoms with Crippen LogP contribution in [0.5, 0.6) is 5.75 Å². The lowest BCUT2D eigenvalue weighted by molar-refractivity contribution is -0.125. The summed E-state index contributed by atoms with van der Waals surface area (Å²) < 4.78 is 5.82. The van der Waals surface area contributed by atoms with Gasteiger partial charge in [-0.3, -0.25) is 14.6 Å². The van der Waals surface area contributed by atoms with Crippen LogP contribution in [0.2, 0.25) is 0 Å². The second-order valence-electron chi connectivity index (χ2n) is 10.8. The molecule has 1 amide bonds. The van der Waals surface area contributed by atoms with E-state index in [1.807, 2.05) is 24.3 Å². The van der Waals surface area contributed by atoms with Crippen molar-refractivity contribution in [3.05, 3.63) is 65.4 Å². The number of amides is 1. The number of Topliss-reactive ketones (excluding diaryl/α,β-unsaturated/α-hetero) is 1. The third kappa shape index (κ3) is 6.01. The number of ether oxygens (including phenoxy) is 1. The third-order valence-electron chi connectivity index (χ3n) is 8.01. The molecule has 1 aliphatic carbocycles. The maximum absolute atomic E-state index is 13.3. The zero-order valence-electron chi connectivity index (χ0n) is 22.7. The van der Waals surface area contributed by atoms with Gasteiger partial charge in [0.25, 0.3) is 0 Å². The van der Waals surface area contributed by atoms with Crippen molar-refractivity contribution in [2.75, 3.05) is 31.6 Å². The molecule has 0 spiro atoms. The molecule has 1 aromatic heterocycles. The number of fused-ring (bicyclic) bond motifs is 1. The lowest BCUT2D eigenvalue weighted by Gasteiger charge is -2.34. The summed E-state index contributed by atoms with van der Waals surface area (Å²) in [7, 11) is 1.69. The van der Waals surface area contributed by atoms with E-state index in [9.17, 15) is 9.59 Å². The molecule has 2 aromatic carbocycles. The number of benzene rings is 2. The molecule has 0 atom stereocenters. The van der Waals surface area contributed by atoms with Crippen molar-refractivity contribution in [1.82, 2.24) is 10.3 Å². The second kappa shape index (κ2) is 12.0. The predicted octanol–water partition coefficient (Wildman–Crippen LogP) is 5.95. The van der Waals surface area contributed by atoms with E-state index in [1.165, 1.54) is 5.56 Å². The molecule has 0 unspecified atom stereocenters. The summed E-state index contributed by atoms with van der Waals surface area (Å²) in [5.41, 5.74) is 4.80. The summed E-state index contributed by atoms with van der Waals surface area (Å²) in [4.78, 5) is 33.0. The van der Waals surface area contributed by atoms with Gasteiger partial charge in [-0.25, -0.2) is 0 Å². The Hall–Kier alpha value is -3.41. The van der Waals surface area contributed by atoms with E-state index in [4.69, 9.17) is 9.72 Å². The van der Waals surface area contributed by atoms with Crippen LogP contribution >= 0.6 is 0 Å². The molecule has 200 valence electrons. The van der Waals surface area contributed by atoms with Gasteiger partial charge < -0.3 is 15.0 Å². The zero-order chi connectivity index (χ0) is 26.5. The van der Waals surface area contributed by atoms with Crippen molar-refractivity contribution in [1.29, 1.82) is 0 Å². The number of methoxy groups -OCH3 is 1. The first kappa shape index (κ1) is 26.2. The SMILES string of the molecule is CCCCNC(=O)C1CCN(c2cc3c(Cc4ccccc4)c(C(=O)CC4CC4)cnc3cc2OC)CC1. The summed E-state index contributed by atoms with van der Waals surface area (Å²) in [6, 6.07) is 14.5. The quantitative estimate of drug-likeness (QED) is 0.253. The molecule has 1 saturated carbocycles. The van der Waals surface area contributed by atoms with Gasteiger partial charge in [0.1, 0.15) is 5.75 Å². The fourth-order valence-electron chi connectivity index (χ4n) is 5.51. The minimum absolute atomic E-state index is 0.0523. The molecule has 1 saturated heterocycles. The maximum Gasteiger partial charge on any atom is 0.223 e. The normalized spacial score (nSPS) is 16.0. The number of pyridine rings is 1. The number of anilines is 1. The highest BCUT2D eigenvalue weighted by atomic mass is 16.5. The van der Waals surface area contributed by atoms with E-state index in [2.05, 4.69) is 35.3 Å². The number of ketones is 1. The van der Waals surface area contributed by atoms with Crippen molar-refractivity contribution in [2.45, 2.75) is 58.3 Å². The molecule has 2 heterocycles. The Kier molecular flexibility index (Phi) is 8.26.